The number of amides is 1. The molecule has 1 rings (SSSR count). The first-order chi connectivity index (χ1) is 4.30. The Kier molecular flexibility index (Phi) is 1.75. The van der Waals surface area contributed by atoms with Crippen molar-refractivity contribution in [2.75, 3.05) is 0 Å². The monoisotopic (exact) mass is 145 g/mol. The minimum atomic E-state index is -0.387. The Hall–Kier alpha value is -0.960. The molecule has 0 saturated heterocycles. The van der Waals surface area contributed by atoms with E-state index in [1.165, 1.54) is 12.3 Å². The first kappa shape index (κ1) is 6.16. The normalized spacial score (nSPS) is 17.4. The Morgan fingerprint density at radius 1 is 1.56 bits per heavy atom. The molecule has 48 valence electrons. The molecule has 0 fully saturated rings. The lowest BCUT2D eigenvalue weighted by Gasteiger charge is -2.05. The standard InChI is InChI=1S/C5H4ClNO2/c6-7-5(8)3-1-2-4-9-7/h1-4H. The van der Waals surface area contributed by atoms with Crippen molar-refractivity contribution in [3.05, 3.63) is 24.5 Å². The molecular formula is C5H4ClNO2. The van der Waals surface area contributed by atoms with Crippen molar-refractivity contribution >= 4 is 17.7 Å². The average molecular weight is 146 g/mol. The number of hydroxylamine groups is 1. The van der Waals surface area contributed by atoms with Gasteiger partial charge in [-0.25, -0.2) is 0 Å². The van der Waals surface area contributed by atoms with Crippen LogP contribution in [0.3, 0.4) is 0 Å². The molecule has 1 aliphatic heterocycles. The van der Waals surface area contributed by atoms with Crippen molar-refractivity contribution < 1.29 is 9.63 Å². The van der Waals surface area contributed by atoms with E-state index in [0.717, 1.165) is 0 Å². The van der Waals surface area contributed by atoms with Crippen molar-refractivity contribution in [2.24, 2.45) is 0 Å². The first-order valence-electron chi connectivity index (χ1n) is 2.30. The summed E-state index contributed by atoms with van der Waals surface area (Å²) >= 11 is 5.23. The number of carbonyl (C=O) groups is 1. The predicted octanol–water partition coefficient (Wildman–Crippen LogP) is 0.984. The zero-order valence-corrected chi connectivity index (χ0v) is 5.21. The Labute approximate surface area is 57.2 Å². The number of carbonyl (C=O) groups excluding carboxylic acids is 1. The summed E-state index contributed by atoms with van der Waals surface area (Å²) in [6.45, 7) is 0. The number of hydrogen-bond acceptors (Lipinski definition) is 2. The second kappa shape index (κ2) is 2.55. The summed E-state index contributed by atoms with van der Waals surface area (Å²) in [6, 6.07) is 0. The van der Waals surface area contributed by atoms with Gasteiger partial charge in [0.1, 0.15) is 6.26 Å². The molecule has 4 heteroatoms. The second-order valence-electron chi connectivity index (χ2n) is 1.38. The van der Waals surface area contributed by atoms with Crippen LogP contribution in [0.5, 0.6) is 0 Å². The molecule has 1 amide bonds. The fourth-order valence-corrected chi connectivity index (χ4v) is 0.485. The van der Waals surface area contributed by atoms with Gasteiger partial charge in [-0.1, -0.05) is 10.7 Å². The molecule has 0 aliphatic carbocycles. The van der Waals surface area contributed by atoms with Gasteiger partial charge in [0.05, 0.1) is 11.8 Å². The first-order valence-corrected chi connectivity index (χ1v) is 2.64. The summed E-state index contributed by atoms with van der Waals surface area (Å²) in [5, 5.41) is 0. The van der Waals surface area contributed by atoms with E-state index in [4.69, 9.17) is 11.8 Å². The summed E-state index contributed by atoms with van der Waals surface area (Å²) in [7, 11) is 0. The summed E-state index contributed by atoms with van der Waals surface area (Å²) < 4.78 is 0.625. The predicted molar refractivity (Wildman–Crippen MR) is 32.1 cm³/mol. The molecular weight excluding hydrogens is 142 g/mol. The van der Waals surface area contributed by atoms with Gasteiger partial charge in [0.2, 0.25) is 0 Å². The molecule has 0 radical (unpaired) electrons. The van der Waals surface area contributed by atoms with Gasteiger partial charge in [0, 0.05) is 6.08 Å². The minimum absolute atomic E-state index is 0.387. The van der Waals surface area contributed by atoms with Gasteiger partial charge in [-0.2, -0.15) is 0 Å². The maximum absolute atomic E-state index is 10.6. The fourth-order valence-electron chi connectivity index (χ4n) is 0.382. The lowest BCUT2D eigenvalue weighted by molar-refractivity contribution is -0.141. The largest absolute Gasteiger partial charge is 0.368 e. The minimum Gasteiger partial charge on any atom is -0.368 e. The highest BCUT2D eigenvalue weighted by Gasteiger charge is 2.07. The summed E-state index contributed by atoms with van der Waals surface area (Å²) in [6.07, 6.45) is 5.73. The Bertz CT molecular complexity index is 176. The van der Waals surface area contributed by atoms with Gasteiger partial charge in [-0.15, -0.1) is 0 Å². The van der Waals surface area contributed by atoms with E-state index in [2.05, 4.69) is 4.84 Å². The molecule has 9 heavy (non-hydrogen) atoms. The molecule has 0 spiro atoms. The highest BCUT2D eigenvalue weighted by molar-refractivity contribution is 6.22. The van der Waals surface area contributed by atoms with Crippen molar-refractivity contribution in [3.63, 3.8) is 0 Å². The molecule has 0 bridgehead atoms. The molecule has 0 saturated carbocycles. The van der Waals surface area contributed by atoms with Crippen LogP contribution in [-0.2, 0) is 9.63 Å². The molecule has 3 nitrogen and oxygen atoms in total. The number of halogens is 1. The number of hydrogen-bond donors (Lipinski definition) is 0. The zero-order valence-electron chi connectivity index (χ0n) is 4.45. The smallest absolute Gasteiger partial charge is 0.296 e. The van der Waals surface area contributed by atoms with Crippen LogP contribution in [0.15, 0.2) is 24.5 Å². The maximum atomic E-state index is 10.6. The van der Waals surface area contributed by atoms with Crippen LogP contribution in [0.4, 0.5) is 0 Å². The number of rotatable bonds is 0. The highest BCUT2D eigenvalue weighted by atomic mass is 35.5. The summed E-state index contributed by atoms with van der Waals surface area (Å²) in [5.41, 5.74) is 0. The lowest BCUT2D eigenvalue weighted by atomic mass is 10.5. The van der Waals surface area contributed by atoms with Crippen LogP contribution < -0.4 is 0 Å². The van der Waals surface area contributed by atoms with Crippen LogP contribution >= 0.6 is 11.8 Å². The third-order valence-corrected chi connectivity index (χ3v) is 1.00. The topological polar surface area (TPSA) is 29.5 Å². The maximum Gasteiger partial charge on any atom is 0.296 e. The van der Waals surface area contributed by atoms with Crippen LogP contribution in [0.1, 0.15) is 0 Å². The summed E-state index contributed by atoms with van der Waals surface area (Å²) in [4.78, 5) is 15.1. The molecule has 0 unspecified atom stereocenters. The third-order valence-electron chi connectivity index (χ3n) is 0.755. The van der Waals surface area contributed by atoms with E-state index in [1.807, 2.05) is 0 Å². The Morgan fingerprint density at radius 3 is 3.11 bits per heavy atom. The SMILES string of the molecule is O=C1C=CC=CON1Cl. The van der Waals surface area contributed by atoms with Crippen LogP contribution in [0.25, 0.3) is 0 Å². The van der Waals surface area contributed by atoms with E-state index in [0.29, 0.717) is 4.58 Å². The Balaban J connectivity index is 2.69. The average Bonchev–Trinajstić information content (AvgIpc) is 1.99. The molecule has 1 aliphatic rings. The van der Waals surface area contributed by atoms with E-state index >= 15 is 0 Å². The van der Waals surface area contributed by atoms with Crippen LogP contribution in [-0.4, -0.2) is 10.5 Å². The van der Waals surface area contributed by atoms with Crippen molar-refractivity contribution in [3.8, 4) is 0 Å². The highest BCUT2D eigenvalue weighted by Crippen LogP contribution is 2.01. The van der Waals surface area contributed by atoms with Gasteiger partial charge >= 0.3 is 0 Å². The van der Waals surface area contributed by atoms with Crippen LogP contribution in [0.2, 0.25) is 0 Å². The van der Waals surface area contributed by atoms with Crippen LogP contribution in [0, 0.1) is 0 Å². The molecule has 0 N–H and O–H groups in total. The number of allylic oxidation sites excluding steroid dienone is 2. The second-order valence-corrected chi connectivity index (χ2v) is 1.68. The number of nitrogens with zero attached hydrogens (tertiary/aromatic N) is 1. The third kappa shape index (κ3) is 1.47. The van der Waals surface area contributed by atoms with Crippen molar-refractivity contribution in [1.29, 1.82) is 0 Å². The van der Waals surface area contributed by atoms with Gasteiger partial charge < -0.3 is 4.84 Å². The molecule has 1 heterocycles. The van der Waals surface area contributed by atoms with Crippen molar-refractivity contribution in [2.45, 2.75) is 0 Å². The van der Waals surface area contributed by atoms with E-state index < -0.39 is 0 Å². The lowest BCUT2D eigenvalue weighted by Crippen LogP contribution is -2.15. The van der Waals surface area contributed by atoms with E-state index in [1.54, 1.807) is 12.2 Å². The quantitative estimate of drug-likeness (QED) is 0.476. The molecule has 0 atom stereocenters. The van der Waals surface area contributed by atoms with E-state index in [9.17, 15) is 4.79 Å². The van der Waals surface area contributed by atoms with E-state index in [-0.39, 0.29) is 5.91 Å². The Morgan fingerprint density at radius 2 is 2.33 bits per heavy atom. The molecule has 0 aromatic heterocycles. The zero-order chi connectivity index (χ0) is 6.69. The van der Waals surface area contributed by atoms with Gasteiger partial charge in [-0.3, -0.25) is 4.79 Å². The fraction of sp³-hybridized carbons (Fsp3) is 0. The van der Waals surface area contributed by atoms with Gasteiger partial charge in [-0.05, 0) is 6.08 Å². The van der Waals surface area contributed by atoms with Gasteiger partial charge in [0.15, 0.2) is 0 Å². The molecule has 0 aromatic rings. The molecule has 0 aromatic carbocycles. The summed E-state index contributed by atoms with van der Waals surface area (Å²) in [5.74, 6) is -0.387. The van der Waals surface area contributed by atoms with Gasteiger partial charge in [0.25, 0.3) is 5.91 Å². The van der Waals surface area contributed by atoms with Crippen molar-refractivity contribution in [1.82, 2.24) is 4.58 Å².